The topological polar surface area (TPSA) is 62.3 Å². The first-order valence-corrected chi connectivity index (χ1v) is 5.69. The monoisotopic (exact) mass is 213 g/mol. The van der Waals surface area contributed by atoms with Crippen LogP contribution in [-0.2, 0) is 4.74 Å². The van der Waals surface area contributed by atoms with E-state index in [0.717, 1.165) is 25.6 Å². The van der Waals surface area contributed by atoms with E-state index >= 15 is 0 Å². The molecule has 0 radical (unpaired) electrons. The van der Waals surface area contributed by atoms with Crippen LogP contribution in [0.1, 0.15) is 26.2 Å². The Hall–Kier alpha value is -0.610. The van der Waals surface area contributed by atoms with Gasteiger partial charge >= 0.3 is 0 Å². The molecular formula is C11H23N3O. The van der Waals surface area contributed by atoms with Crippen LogP contribution in [0.25, 0.3) is 0 Å². The average Bonchev–Trinajstić information content (AvgIpc) is 2.18. The van der Waals surface area contributed by atoms with Crippen molar-refractivity contribution in [2.75, 3.05) is 26.8 Å². The first-order valence-electron chi connectivity index (χ1n) is 5.69. The van der Waals surface area contributed by atoms with Gasteiger partial charge in [-0.1, -0.05) is 0 Å². The number of nitrogens with one attached hydrogen (secondary N) is 1. The van der Waals surface area contributed by atoms with E-state index in [1.807, 2.05) is 0 Å². The minimum atomic E-state index is 0.293. The zero-order valence-corrected chi connectivity index (χ0v) is 9.83. The SMILES string of the molecule is COCC1CCN(C(C)CC(=N)N)CC1. The number of nitrogens with two attached hydrogens (primary N) is 1. The first-order chi connectivity index (χ1) is 7.13. The second kappa shape index (κ2) is 6.08. The molecule has 0 aliphatic carbocycles. The molecular weight excluding hydrogens is 190 g/mol. The van der Waals surface area contributed by atoms with Gasteiger partial charge in [-0.3, -0.25) is 5.41 Å². The number of rotatable bonds is 5. The van der Waals surface area contributed by atoms with Crippen LogP contribution >= 0.6 is 0 Å². The quantitative estimate of drug-likeness (QED) is 0.530. The van der Waals surface area contributed by atoms with Gasteiger partial charge in [-0.05, 0) is 38.8 Å². The first kappa shape index (κ1) is 12.5. The van der Waals surface area contributed by atoms with Gasteiger partial charge in [0.05, 0.1) is 5.84 Å². The summed E-state index contributed by atoms with van der Waals surface area (Å²) in [6.45, 7) is 5.26. The lowest BCUT2D eigenvalue weighted by Gasteiger charge is -2.35. The maximum atomic E-state index is 7.28. The molecule has 1 rings (SSSR count). The van der Waals surface area contributed by atoms with Crippen molar-refractivity contribution in [3.63, 3.8) is 0 Å². The zero-order valence-electron chi connectivity index (χ0n) is 9.83. The molecule has 0 aromatic heterocycles. The normalized spacial score (nSPS) is 21.5. The molecule has 0 spiro atoms. The van der Waals surface area contributed by atoms with E-state index in [1.54, 1.807) is 7.11 Å². The lowest BCUT2D eigenvalue weighted by molar-refractivity contribution is 0.0847. The van der Waals surface area contributed by atoms with Crippen LogP contribution in [-0.4, -0.2) is 43.6 Å². The van der Waals surface area contributed by atoms with Crippen molar-refractivity contribution in [1.29, 1.82) is 5.41 Å². The number of likely N-dealkylation sites (tertiary alicyclic amines) is 1. The molecule has 1 saturated heterocycles. The highest BCUT2D eigenvalue weighted by Crippen LogP contribution is 2.19. The summed E-state index contributed by atoms with van der Waals surface area (Å²) in [5, 5.41) is 7.28. The molecule has 1 atom stereocenters. The molecule has 1 unspecified atom stereocenters. The number of piperidine rings is 1. The molecule has 1 aliphatic heterocycles. The van der Waals surface area contributed by atoms with Gasteiger partial charge in [0.1, 0.15) is 0 Å². The molecule has 4 nitrogen and oxygen atoms in total. The van der Waals surface area contributed by atoms with Crippen LogP contribution < -0.4 is 5.73 Å². The molecule has 1 fully saturated rings. The molecule has 0 amide bonds. The summed E-state index contributed by atoms with van der Waals surface area (Å²) in [4.78, 5) is 2.42. The van der Waals surface area contributed by atoms with Crippen molar-refractivity contribution in [1.82, 2.24) is 4.90 Å². The number of hydrogen-bond acceptors (Lipinski definition) is 3. The highest BCUT2D eigenvalue weighted by atomic mass is 16.5. The van der Waals surface area contributed by atoms with Crippen LogP contribution in [0.3, 0.4) is 0 Å². The Kier molecular flexibility index (Phi) is 5.05. The predicted octanol–water partition coefficient (Wildman–Crippen LogP) is 1.06. The predicted molar refractivity (Wildman–Crippen MR) is 62.2 cm³/mol. The second-order valence-electron chi connectivity index (χ2n) is 4.51. The summed E-state index contributed by atoms with van der Waals surface area (Å²) in [6, 6.07) is 0.408. The third-order valence-electron chi connectivity index (χ3n) is 3.19. The van der Waals surface area contributed by atoms with E-state index < -0.39 is 0 Å². The minimum Gasteiger partial charge on any atom is -0.388 e. The largest absolute Gasteiger partial charge is 0.388 e. The highest BCUT2D eigenvalue weighted by molar-refractivity contribution is 5.77. The van der Waals surface area contributed by atoms with Crippen molar-refractivity contribution in [2.24, 2.45) is 11.7 Å². The Morgan fingerprint density at radius 2 is 2.13 bits per heavy atom. The highest BCUT2D eigenvalue weighted by Gasteiger charge is 2.22. The van der Waals surface area contributed by atoms with Crippen molar-refractivity contribution in [3.8, 4) is 0 Å². The summed E-state index contributed by atoms with van der Waals surface area (Å²) in [7, 11) is 1.77. The van der Waals surface area contributed by atoms with E-state index in [4.69, 9.17) is 15.9 Å². The van der Waals surface area contributed by atoms with Gasteiger partial charge in [-0.25, -0.2) is 0 Å². The molecule has 3 N–H and O–H groups in total. The Morgan fingerprint density at radius 3 is 2.60 bits per heavy atom. The van der Waals surface area contributed by atoms with Crippen molar-refractivity contribution in [3.05, 3.63) is 0 Å². The maximum absolute atomic E-state index is 7.28. The molecule has 88 valence electrons. The molecule has 4 heteroatoms. The Bertz CT molecular complexity index is 200. The number of ether oxygens (including phenoxy) is 1. The number of nitrogens with zero attached hydrogens (tertiary/aromatic N) is 1. The van der Waals surface area contributed by atoms with E-state index in [9.17, 15) is 0 Å². The molecule has 0 aromatic carbocycles. The fourth-order valence-corrected chi connectivity index (χ4v) is 2.24. The molecule has 0 saturated carbocycles. The third-order valence-corrected chi connectivity index (χ3v) is 3.19. The summed E-state index contributed by atoms with van der Waals surface area (Å²) < 4.78 is 5.17. The standard InChI is InChI=1S/C11H23N3O/c1-9(7-11(12)13)14-5-3-10(4-6-14)8-15-2/h9-10H,3-8H2,1-2H3,(H3,12,13). The van der Waals surface area contributed by atoms with Crippen molar-refractivity contribution < 1.29 is 4.74 Å². The Labute approximate surface area is 92.3 Å². The van der Waals surface area contributed by atoms with Gasteiger partial charge in [-0.2, -0.15) is 0 Å². The Morgan fingerprint density at radius 1 is 1.53 bits per heavy atom. The number of hydrogen-bond donors (Lipinski definition) is 2. The van der Waals surface area contributed by atoms with Gasteiger partial charge in [0.25, 0.3) is 0 Å². The van der Waals surface area contributed by atoms with Crippen LogP contribution in [0.5, 0.6) is 0 Å². The van der Waals surface area contributed by atoms with E-state index in [-0.39, 0.29) is 0 Å². The minimum absolute atomic E-state index is 0.293. The second-order valence-corrected chi connectivity index (χ2v) is 4.51. The van der Waals surface area contributed by atoms with E-state index in [1.165, 1.54) is 12.8 Å². The summed E-state index contributed by atoms with van der Waals surface area (Å²) in [6.07, 6.45) is 3.10. The van der Waals surface area contributed by atoms with Gasteiger partial charge in [0.2, 0.25) is 0 Å². The summed E-state index contributed by atoms with van der Waals surface area (Å²) in [5.41, 5.74) is 5.41. The van der Waals surface area contributed by atoms with Gasteiger partial charge in [0.15, 0.2) is 0 Å². The van der Waals surface area contributed by atoms with Crippen LogP contribution in [0.4, 0.5) is 0 Å². The average molecular weight is 213 g/mol. The van der Waals surface area contributed by atoms with Gasteiger partial charge < -0.3 is 15.4 Å². The molecule has 0 bridgehead atoms. The lowest BCUT2D eigenvalue weighted by Crippen LogP contribution is -2.42. The molecule has 1 aliphatic rings. The lowest BCUT2D eigenvalue weighted by atomic mass is 9.96. The Balaban J connectivity index is 2.27. The van der Waals surface area contributed by atoms with E-state index in [0.29, 0.717) is 18.3 Å². The van der Waals surface area contributed by atoms with Gasteiger partial charge in [-0.15, -0.1) is 0 Å². The fraction of sp³-hybridized carbons (Fsp3) is 0.909. The smallest absolute Gasteiger partial charge is 0.0920 e. The molecule has 0 aromatic rings. The van der Waals surface area contributed by atoms with Crippen LogP contribution in [0.15, 0.2) is 0 Å². The van der Waals surface area contributed by atoms with E-state index in [2.05, 4.69) is 11.8 Å². The fourth-order valence-electron chi connectivity index (χ4n) is 2.24. The summed E-state index contributed by atoms with van der Waals surface area (Å²) in [5.74, 6) is 1.01. The van der Waals surface area contributed by atoms with Crippen LogP contribution in [0, 0.1) is 11.3 Å². The van der Waals surface area contributed by atoms with Gasteiger partial charge in [0, 0.05) is 26.2 Å². The number of methoxy groups -OCH3 is 1. The van der Waals surface area contributed by atoms with Crippen molar-refractivity contribution in [2.45, 2.75) is 32.2 Å². The molecule has 1 heterocycles. The molecule has 15 heavy (non-hydrogen) atoms. The zero-order chi connectivity index (χ0) is 11.3. The summed E-state index contributed by atoms with van der Waals surface area (Å²) >= 11 is 0. The number of amidine groups is 1. The maximum Gasteiger partial charge on any atom is 0.0920 e. The third kappa shape index (κ3) is 4.18. The van der Waals surface area contributed by atoms with Crippen molar-refractivity contribution >= 4 is 5.84 Å². The van der Waals surface area contributed by atoms with Crippen LogP contribution in [0.2, 0.25) is 0 Å².